The van der Waals surface area contributed by atoms with Crippen LogP contribution in [-0.4, -0.2) is 0 Å². The maximum atomic E-state index is 2.00. The second-order valence-electron chi connectivity index (χ2n) is 14.3. The minimum absolute atomic E-state index is 0. The van der Waals surface area contributed by atoms with Crippen molar-refractivity contribution < 1.29 is 32.7 Å². The molecule has 0 amide bonds. The van der Waals surface area contributed by atoms with E-state index in [4.69, 9.17) is 0 Å². The molecule has 14 rings (SSSR count). The van der Waals surface area contributed by atoms with Crippen molar-refractivity contribution in [2.45, 2.75) is 105 Å². The molecule has 0 saturated heterocycles. The molecule has 14 fully saturated rings. The van der Waals surface area contributed by atoms with E-state index < -0.39 is 0 Å². The Kier molecular flexibility index (Phi) is 7.86. The first kappa shape index (κ1) is 26.7. The molecule has 34 heavy (non-hydrogen) atoms. The number of hydrogen-bond acceptors (Lipinski definition) is 0. The predicted molar refractivity (Wildman–Crippen MR) is 140 cm³/mol. The van der Waals surface area contributed by atoms with Gasteiger partial charge >= 0.3 is 0 Å². The zero-order valence-electron chi connectivity index (χ0n) is 23.3. The Hall–Kier alpha value is 1.10. The van der Waals surface area contributed by atoms with Gasteiger partial charge in [-0.15, -0.1) is 0 Å². The van der Waals surface area contributed by atoms with Gasteiger partial charge in [0.15, 0.2) is 0 Å². The van der Waals surface area contributed by atoms with Gasteiger partial charge in [0.2, 0.25) is 0 Å². The van der Waals surface area contributed by atoms with Gasteiger partial charge in [-0.25, -0.2) is 0 Å². The van der Waals surface area contributed by atoms with Crippen molar-refractivity contribution in [2.75, 3.05) is 0 Å². The summed E-state index contributed by atoms with van der Waals surface area (Å²) in [5.74, 6) is 19.5. The summed E-state index contributed by atoms with van der Waals surface area (Å²) < 4.78 is 0. The Morgan fingerprint density at radius 3 is 0.441 bits per heavy atom. The molecule has 0 aromatic carbocycles. The molecule has 0 spiro atoms. The molecule has 14 aliphatic rings. The van der Waals surface area contributed by atoms with Gasteiger partial charge in [-0.3, -0.25) is 0 Å². The molecule has 1 heteroatoms. The van der Waals surface area contributed by atoms with E-state index in [1.807, 2.05) is 27.7 Å². The van der Waals surface area contributed by atoms with Crippen LogP contribution in [0.3, 0.4) is 0 Å². The Balaban J connectivity index is 0.000000118. The number of hydrogen-bond donors (Lipinski definition) is 0. The maximum absolute atomic E-state index is 2.00. The molecule has 14 saturated carbocycles. The van der Waals surface area contributed by atoms with Crippen molar-refractivity contribution in [2.24, 2.45) is 94.7 Å². The van der Waals surface area contributed by atoms with Crippen molar-refractivity contribution in [3.05, 3.63) is 7.43 Å². The largest absolute Gasteiger partial charge is 0.358 e. The smallest absolute Gasteiger partial charge is 0 e. The summed E-state index contributed by atoms with van der Waals surface area (Å²) in [7, 11) is 0. The van der Waals surface area contributed by atoms with Crippen molar-refractivity contribution in [3.63, 3.8) is 0 Å². The third-order valence-electron chi connectivity index (χ3n) is 13.9. The summed E-state index contributed by atoms with van der Waals surface area (Å²) in [6.45, 7) is 8.00. The fourth-order valence-corrected chi connectivity index (χ4v) is 13.8. The molecule has 0 heterocycles. The Bertz CT molecular complexity index is 476. The normalized spacial score (nSPS) is 59.6. The molecule has 0 unspecified atom stereocenters. The standard InChI is InChI=1S/2C14H20.2C2H6.CH3.Y/c2*1-7-2-12-10-4-8-5-11(9(1)10)13(3-7)14(12)6-8;2*1-2;;/h2*7-14H,1-6H2;2*1-2H3;1H3;/q;;;;-1;. The molecule has 1 radical (unpaired) electrons. The first-order chi connectivity index (χ1) is 15.8. The van der Waals surface area contributed by atoms with Crippen LogP contribution in [0.1, 0.15) is 105 Å². The molecular formula is C33H55Y-. The second kappa shape index (κ2) is 10.0. The van der Waals surface area contributed by atoms with E-state index in [9.17, 15) is 0 Å². The van der Waals surface area contributed by atoms with Gasteiger partial charge in [0.1, 0.15) is 0 Å². The third-order valence-corrected chi connectivity index (χ3v) is 13.9. The molecule has 0 N–H and O–H groups in total. The average Bonchev–Trinajstić information content (AvgIpc) is 2.87. The topological polar surface area (TPSA) is 0 Å². The van der Waals surface area contributed by atoms with Gasteiger partial charge in [0, 0.05) is 32.7 Å². The van der Waals surface area contributed by atoms with Crippen LogP contribution in [0.2, 0.25) is 0 Å². The first-order valence-electron chi connectivity index (χ1n) is 15.8. The minimum atomic E-state index is 0. The van der Waals surface area contributed by atoms with Gasteiger partial charge in [-0.05, 0) is 172 Å². The van der Waals surface area contributed by atoms with Crippen molar-refractivity contribution in [3.8, 4) is 0 Å². The summed E-state index contributed by atoms with van der Waals surface area (Å²) in [5, 5.41) is 0. The summed E-state index contributed by atoms with van der Waals surface area (Å²) in [5.41, 5.74) is 0. The van der Waals surface area contributed by atoms with Crippen LogP contribution in [0.15, 0.2) is 0 Å². The fraction of sp³-hybridized carbons (Fsp3) is 0.970. The Morgan fingerprint density at radius 2 is 0.353 bits per heavy atom. The minimum Gasteiger partial charge on any atom is -0.358 e. The number of rotatable bonds is 0. The Morgan fingerprint density at radius 1 is 0.265 bits per heavy atom. The average molecular weight is 541 g/mol. The second-order valence-corrected chi connectivity index (χ2v) is 14.3. The van der Waals surface area contributed by atoms with Gasteiger partial charge in [0.25, 0.3) is 0 Å². The van der Waals surface area contributed by atoms with E-state index in [-0.39, 0.29) is 40.1 Å². The van der Waals surface area contributed by atoms with E-state index in [0.29, 0.717) is 0 Å². The van der Waals surface area contributed by atoms with Crippen LogP contribution in [0.4, 0.5) is 0 Å². The molecule has 16 bridgehead atoms. The maximum Gasteiger partial charge on any atom is 0 e. The molecule has 191 valence electrons. The van der Waals surface area contributed by atoms with Crippen LogP contribution in [0.25, 0.3) is 0 Å². The van der Waals surface area contributed by atoms with Crippen molar-refractivity contribution in [1.29, 1.82) is 0 Å². The zero-order chi connectivity index (χ0) is 21.7. The quantitative estimate of drug-likeness (QED) is 0.269. The predicted octanol–water partition coefficient (Wildman–Crippen LogP) is 9.15. The van der Waals surface area contributed by atoms with Crippen LogP contribution in [0, 0.1) is 102 Å². The van der Waals surface area contributed by atoms with Crippen LogP contribution in [0.5, 0.6) is 0 Å². The van der Waals surface area contributed by atoms with Gasteiger partial charge in [0.05, 0.1) is 0 Å². The van der Waals surface area contributed by atoms with Crippen molar-refractivity contribution >= 4 is 0 Å². The molecular weight excluding hydrogens is 485 g/mol. The van der Waals surface area contributed by atoms with E-state index in [2.05, 4.69) is 0 Å². The molecule has 14 aliphatic carbocycles. The molecule has 0 nitrogen and oxygen atoms in total. The monoisotopic (exact) mass is 540 g/mol. The molecule has 0 atom stereocenters. The van der Waals surface area contributed by atoms with Crippen LogP contribution in [-0.2, 0) is 32.7 Å². The van der Waals surface area contributed by atoms with E-state index in [0.717, 1.165) is 0 Å². The first-order valence-corrected chi connectivity index (χ1v) is 15.8. The molecule has 0 aromatic heterocycles. The van der Waals surface area contributed by atoms with Crippen LogP contribution < -0.4 is 0 Å². The zero-order valence-corrected chi connectivity index (χ0v) is 26.1. The van der Waals surface area contributed by atoms with Gasteiger partial charge in [-0.2, -0.15) is 0 Å². The van der Waals surface area contributed by atoms with Gasteiger partial charge in [-0.1, -0.05) is 27.7 Å². The Labute approximate surface area is 238 Å². The fourth-order valence-electron chi connectivity index (χ4n) is 13.8. The summed E-state index contributed by atoms with van der Waals surface area (Å²) >= 11 is 0. The van der Waals surface area contributed by atoms with E-state index in [1.165, 1.54) is 94.7 Å². The third kappa shape index (κ3) is 3.62. The van der Waals surface area contributed by atoms with Crippen molar-refractivity contribution in [1.82, 2.24) is 0 Å². The SMILES string of the molecule is C1C2CC3C4CC5CC(C14)C(C2)C3C5.C1C2CC3C4CC5CC(C14)C(C2)C3C5.CC.CC.[CH3-].[Y]. The molecule has 0 aliphatic heterocycles. The van der Waals surface area contributed by atoms with Crippen LogP contribution >= 0.6 is 0 Å². The summed E-state index contributed by atoms with van der Waals surface area (Å²) in [6.07, 6.45) is 19.9. The molecule has 0 aromatic rings. The van der Waals surface area contributed by atoms with Gasteiger partial charge < -0.3 is 7.43 Å². The summed E-state index contributed by atoms with van der Waals surface area (Å²) in [6, 6.07) is 0. The summed E-state index contributed by atoms with van der Waals surface area (Å²) in [4.78, 5) is 0. The van der Waals surface area contributed by atoms with E-state index >= 15 is 0 Å². The van der Waals surface area contributed by atoms with E-state index in [1.54, 1.807) is 77.0 Å².